The summed E-state index contributed by atoms with van der Waals surface area (Å²) in [5.41, 5.74) is 0. The van der Waals surface area contributed by atoms with Crippen molar-refractivity contribution >= 4 is 43.2 Å². The van der Waals surface area contributed by atoms with Gasteiger partial charge in [-0.25, -0.2) is 0 Å². The standard InChI is InChI=1S/C20H34Br2S/c1-2-3-4-5-6-7-8-9-10-11-12-13-14-15-16-18-17-19(21)20(22)23-18/h17H,2-16H2,1H3. The molecule has 0 atom stereocenters. The highest BCUT2D eigenvalue weighted by Crippen LogP contribution is 2.33. The molecule has 0 radical (unpaired) electrons. The summed E-state index contributed by atoms with van der Waals surface area (Å²) in [5.74, 6) is 0. The van der Waals surface area contributed by atoms with Gasteiger partial charge < -0.3 is 0 Å². The van der Waals surface area contributed by atoms with E-state index in [0.29, 0.717) is 0 Å². The third-order valence-corrected chi connectivity index (χ3v) is 7.79. The molecular formula is C20H34Br2S. The first-order valence-electron chi connectivity index (χ1n) is 9.67. The van der Waals surface area contributed by atoms with Crippen molar-refractivity contribution in [3.8, 4) is 0 Å². The quantitative estimate of drug-likeness (QED) is 0.226. The van der Waals surface area contributed by atoms with Crippen LogP contribution in [0.3, 0.4) is 0 Å². The van der Waals surface area contributed by atoms with Gasteiger partial charge in [-0.1, -0.05) is 90.4 Å². The van der Waals surface area contributed by atoms with E-state index in [4.69, 9.17) is 0 Å². The van der Waals surface area contributed by atoms with Gasteiger partial charge in [-0.05, 0) is 50.8 Å². The van der Waals surface area contributed by atoms with Crippen molar-refractivity contribution in [2.45, 2.75) is 103 Å². The second-order valence-corrected chi connectivity index (χ2v) is 9.99. The van der Waals surface area contributed by atoms with Crippen molar-refractivity contribution < 1.29 is 0 Å². The number of unbranched alkanes of at least 4 members (excludes halogenated alkanes) is 13. The van der Waals surface area contributed by atoms with Crippen LogP contribution in [0.15, 0.2) is 14.3 Å². The van der Waals surface area contributed by atoms with Gasteiger partial charge in [-0.15, -0.1) is 11.3 Å². The highest BCUT2D eigenvalue weighted by atomic mass is 79.9. The predicted octanol–water partition coefficient (Wildman–Crippen LogP) is 9.30. The normalized spacial score (nSPS) is 11.3. The van der Waals surface area contributed by atoms with Crippen molar-refractivity contribution in [2.75, 3.05) is 0 Å². The van der Waals surface area contributed by atoms with Crippen molar-refractivity contribution in [1.82, 2.24) is 0 Å². The Morgan fingerprint density at radius 3 is 1.52 bits per heavy atom. The van der Waals surface area contributed by atoms with Crippen LogP contribution in [0.2, 0.25) is 0 Å². The fourth-order valence-electron chi connectivity index (χ4n) is 3.01. The largest absolute Gasteiger partial charge is 0.132 e. The molecule has 134 valence electrons. The van der Waals surface area contributed by atoms with E-state index in [1.165, 1.54) is 109 Å². The Balaban J connectivity index is 1.78. The second-order valence-electron chi connectivity index (χ2n) is 6.68. The third kappa shape index (κ3) is 11.8. The van der Waals surface area contributed by atoms with Gasteiger partial charge in [0.1, 0.15) is 0 Å². The molecule has 0 unspecified atom stereocenters. The van der Waals surface area contributed by atoms with Crippen LogP contribution in [0, 0.1) is 0 Å². The number of rotatable bonds is 15. The lowest BCUT2D eigenvalue weighted by Crippen LogP contribution is -1.84. The molecule has 1 rings (SSSR count). The molecule has 23 heavy (non-hydrogen) atoms. The Kier molecular flexibility index (Phi) is 14.1. The number of halogens is 2. The molecule has 1 heterocycles. The molecule has 0 saturated heterocycles. The van der Waals surface area contributed by atoms with E-state index < -0.39 is 0 Å². The highest BCUT2D eigenvalue weighted by molar-refractivity contribution is 9.13. The zero-order valence-corrected chi connectivity index (χ0v) is 18.8. The third-order valence-electron chi connectivity index (χ3n) is 4.47. The highest BCUT2D eigenvalue weighted by Gasteiger charge is 2.03. The van der Waals surface area contributed by atoms with E-state index in [1.54, 1.807) is 0 Å². The zero-order valence-electron chi connectivity index (χ0n) is 14.8. The summed E-state index contributed by atoms with van der Waals surface area (Å²) >= 11 is 9.01. The van der Waals surface area contributed by atoms with E-state index in [9.17, 15) is 0 Å². The average Bonchev–Trinajstić information content (AvgIpc) is 2.86. The van der Waals surface area contributed by atoms with Crippen LogP contribution in [0.1, 0.15) is 102 Å². The van der Waals surface area contributed by atoms with Crippen LogP contribution in [0.5, 0.6) is 0 Å². The molecule has 0 nitrogen and oxygen atoms in total. The number of hydrogen-bond donors (Lipinski definition) is 0. The Hall–Kier alpha value is 0.660. The average molecular weight is 466 g/mol. The summed E-state index contributed by atoms with van der Waals surface area (Å²) in [6.45, 7) is 2.29. The maximum atomic E-state index is 3.57. The first-order valence-corrected chi connectivity index (χ1v) is 12.1. The van der Waals surface area contributed by atoms with Gasteiger partial charge in [0, 0.05) is 9.35 Å². The molecule has 0 saturated carbocycles. The maximum Gasteiger partial charge on any atom is 0.0843 e. The first kappa shape index (κ1) is 21.7. The van der Waals surface area contributed by atoms with Crippen molar-refractivity contribution in [1.29, 1.82) is 0 Å². The fraction of sp³-hybridized carbons (Fsp3) is 0.800. The SMILES string of the molecule is CCCCCCCCCCCCCCCCc1cc(Br)c(Br)s1. The summed E-state index contributed by atoms with van der Waals surface area (Å²) in [6.07, 6.45) is 21.3. The van der Waals surface area contributed by atoms with Gasteiger partial charge in [0.2, 0.25) is 0 Å². The maximum absolute atomic E-state index is 3.57. The minimum absolute atomic E-state index is 1.21. The summed E-state index contributed by atoms with van der Waals surface area (Å²) in [4.78, 5) is 1.50. The smallest absolute Gasteiger partial charge is 0.0843 e. The van der Waals surface area contributed by atoms with Crippen LogP contribution < -0.4 is 0 Å². The topological polar surface area (TPSA) is 0 Å². The number of thiophene rings is 1. The molecule has 0 aliphatic carbocycles. The first-order chi connectivity index (χ1) is 11.2. The van der Waals surface area contributed by atoms with E-state index in [2.05, 4.69) is 44.8 Å². The summed E-state index contributed by atoms with van der Waals surface area (Å²) in [7, 11) is 0. The molecule has 0 N–H and O–H groups in total. The lowest BCUT2D eigenvalue weighted by atomic mass is 10.0. The van der Waals surface area contributed by atoms with E-state index in [0.717, 1.165) is 0 Å². The molecule has 0 fully saturated rings. The zero-order chi connectivity index (χ0) is 16.8. The molecule has 0 aliphatic heterocycles. The molecular weight excluding hydrogens is 432 g/mol. The monoisotopic (exact) mass is 464 g/mol. The van der Waals surface area contributed by atoms with Crippen LogP contribution >= 0.6 is 43.2 Å². The Bertz CT molecular complexity index is 367. The summed E-state index contributed by atoms with van der Waals surface area (Å²) in [5, 5.41) is 0. The number of hydrogen-bond acceptors (Lipinski definition) is 1. The molecule has 0 aliphatic rings. The number of aryl methyl sites for hydroxylation is 1. The Morgan fingerprint density at radius 2 is 1.13 bits per heavy atom. The van der Waals surface area contributed by atoms with Crippen molar-refractivity contribution in [2.24, 2.45) is 0 Å². The molecule has 1 aromatic rings. The molecule has 3 heteroatoms. The lowest BCUT2D eigenvalue weighted by Gasteiger charge is -2.03. The van der Waals surface area contributed by atoms with Crippen LogP contribution in [0.4, 0.5) is 0 Å². The second kappa shape index (κ2) is 15.0. The van der Waals surface area contributed by atoms with E-state index >= 15 is 0 Å². The van der Waals surface area contributed by atoms with E-state index in [1.807, 2.05) is 11.3 Å². The summed E-state index contributed by atoms with van der Waals surface area (Å²) < 4.78 is 2.45. The van der Waals surface area contributed by atoms with Gasteiger partial charge in [-0.3, -0.25) is 0 Å². The lowest BCUT2D eigenvalue weighted by molar-refractivity contribution is 0.536. The summed E-state index contributed by atoms with van der Waals surface area (Å²) in [6, 6.07) is 2.26. The minimum atomic E-state index is 1.21. The fourth-order valence-corrected chi connectivity index (χ4v) is 5.23. The molecule has 0 spiro atoms. The van der Waals surface area contributed by atoms with Gasteiger partial charge in [-0.2, -0.15) is 0 Å². The van der Waals surface area contributed by atoms with Gasteiger partial charge in [0.05, 0.1) is 3.79 Å². The van der Waals surface area contributed by atoms with Gasteiger partial charge >= 0.3 is 0 Å². The van der Waals surface area contributed by atoms with Crippen LogP contribution in [-0.2, 0) is 6.42 Å². The van der Waals surface area contributed by atoms with Crippen molar-refractivity contribution in [3.63, 3.8) is 0 Å². The predicted molar refractivity (Wildman–Crippen MR) is 114 cm³/mol. The minimum Gasteiger partial charge on any atom is -0.132 e. The van der Waals surface area contributed by atoms with Gasteiger partial charge in [0.15, 0.2) is 0 Å². The Morgan fingerprint density at radius 1 is 0.696 bits per heavy atom. The molecule has 1 aromatic heterocycles. The van der Waals surface area contributed by atoms with Crippen LogP contribution in [-0.4, -0.2) is 0 Å². The molecule has 0 bridgehead atoms. The molecule has 0 amide bonds. The van der Waals surface area contributed by atoms with E-state index in [-0.39, 0.29) is 0 Å². The van der Waals surface area contributed by atoms with Crippen LogP contribution in [0.25, 0.3) is 0 Å². The van der Waals surface area contributed by atoms with Crippen molar-refractivity contribution in [3.05, 3.63) is 19.2 Å². The molecule has 0 aromatic carbocycles. The Labute approximate surface area is 165 Å². The van der Waals surface area contributed by atoms with Gasteiger partial charge in [0.25, 0.3) is 0 Å².